The SMILES string of the molecule is Clc1nc(NCc2ncn[nH]2)nc(N2CCOCC2)n1. The zero-order valence-corrected chi connectivity index (χ0v) is 11.3. The van der Waals surface area contributed by atoms with Gasteiger partial charge in [0.1, 0.15) is 12.2 Å². The van der Waals surface area contributed by atoms with Crippen LogP contribution in [0.25, 0.3) is 0 Å². The monoisotopic (exact) mass is 296 g/mol. The second-order valence-corrected chi connectivity index (χ2v) is 4.45. The van der Waals surface area contributed by atoms with Crippen LogP contribution in [0.1, 0.15) is 5.82 Å². The van der Waals surface area contributed by atoms with Gasteiger partial charge in [-0.2, -0.15) is 20.1 Å². The van der Waals surface area contributed by atoms with E-state index in [0.717, 1.165) is 13.1 Å². The van der Waals surface area contributed by atoms with Gasteiger partial charge in [0.2, 0.25) is 17.2 Å². The van der Waals surface area contributed by atoms with Gasteiger partial charge < -0.3 is 15.0 Å². The lowest BCUT2D eigenvalue weighted by Gasteiger charge is -2.26. The third-order valence-corrected chi connectivity index (χ3v) is 2.94. The van der Waals surface area contributed by atoms with Crippen LogP contribution >= 0.6 is 11.6 Å². The fraction of sp³-hybridized carbons (Fsp3) is 0.500. The summed E-state index contributed by atoms with van der Waals surface area (Å²) < 4.78 is 5.30. The van der Waals surface area contributed by atoms with E-state index in [1.165, 1.54) is 6.33 Å². The lowest BCUT2D eigenvalue weighted by molar-refractivity contribution is 0.122. The van der Waals surface area contributed by atoms with Crippen molar-refractivity contribution in [1.29, 1.82) is 0 Å². The number of nitrogens with zero attached hydrogens (tertiary/aromatic N) is 6. The smallest absolute Gasteiger partial charge is 0.231 e. The minimum Gasteiger partial charge on any atom is -0.378 e. The highest BCUT2D eigenvalue weighted by Crippen LogP contribution is 2.15. The van der Waals surface area contributed by atoms with Crippen LogP contribution < -0.4 is 10.2 Å². The third-order valence-electron chi connectivity index (χ3n) is 2.77. The Hall–Kier alpha value is -2.00. The highest BCUT2D eigenvalue weighted by Gasteiger charge is 2.16. The van der Waals surface area contributed by atoms with E-state index in [-0.39, 0.29) is 5.28 Å². The second kappa shape index (κ2) is 5.97. The normalized spacial score (nSPS) is 15.3. The van der Waals surface area contributed by atoms with Crippen molar-refractivity contribution in [3.63, 3.8) is 0 Å². The molecule has 10 heteroatoms. The van der Waals surface area contributed by atoms with Crippen LogP contribution in [0.2, 0.25) is 5.28 Å². The molecule has 0 spiro atoms. The number of halogens is 1. The Morgan fingerprint density at radius 3 is 2.90 bits per heavy atom. The molecular formula is C10H13ClN8O. The lowest BCUT2D eigenvalue weighted by atomic mass is 10.4. The highest BCUT2D eigenvalue weighted by atomic mass is 35.5. The number of ether oxygens (including phenoxy) is 1. The first kappa shape index (κ1) is 13.0. The number of aromatic amines is 1. The molecule has 1 saturated heterocycles. The van der Waals surface area contributed by atoms with Gasteiger partial charge in [-0.25, -0.2) is 4.98 Å². The molecule has 1 aliphatic rings. The number of anilines is 2. The molecule has 106 valence electrons. The first-order valence-corrected chi connectivity index (χ1v) is 6.51. The van der Waals surface area contributed by atoms with Gasteiger partial charge >= 0.3 is 0 Å². The van der Waals surface area contributed by atoms with Crippen LogP contribution in [0.3, 0.4) is 0 Å². The average Bonchev–Trinajstić information content (AvgIpc) is 2.99. The predicted molar refractivity (Wildman–Crippen MR) is 71.6 cm³/mol. The Bertz CT molecular complexity index is 556. The molecule has 0 radical (unpaired) electrons. The molecule has 2 aromatic heterocycles. The molecule has 1 aliphatic heterocycles. The first-order valence-electron chi connectivity index (χ1n) is 6.13. The molecule has 0 saturated carbocycles. The third kappa shape index (κ3) is 3.11. The van der Waals surface area contributed by atoms with Gasteiger partial charge in [-0.3, -0.25) is 5.10 Å². The average molecular weight is 297 g/mol. The second-order valence-electron chi connectivity index (χ2n) is 4.11. The molecule has 9 nitrogen and oxygen atoms in total. The Kier molecular flexibility index (Phi) is 3.88. The van der Waals surface area contributed by atoms with Crippen LogP contribution in [0.5, 0.6) is 0 Å². The van der Waals surface area contributed by atoms with Gasteiger partial charge in [0, 0.05) is 13.1 Å². The van der Waals surface area contributed by atoms with E-state index in [1.54, 1.807) is 0 Å². The van der Waals surface area contributed by atoms with Crippen molar-refractivity contribution in [2.24, 2.45) is 0 Å². The molecule has 0 aromatic carbocycles. The standard InChI is InChI=1S/C10H13ClN8O/c11-8-15-9(12-5-7-13-6-14-18-7)17-10(16-8)19-1-3-20-4-2-19/h6H,1-5H2,(H,13,14,18)(H,12,15,16,17). The van der Waals surface area contributed by atoms with Gasteiger partial charge in [0.25, 0.3) is 0 Å². The number of H-pyrrole nitrogens is 1. The predicted octanol–water partition coefficient (Wildman–Crippen LogP) is 0.0918. The number of hydrogen-bond donors (Lipinski definition) is 2. The topological polar surface area (TPSA) is 105 Å². The molecule has 1 fully saturated rings. The minimum absolute atomic E-state index is 0.154. The van der Waals surface area contributed by atoms with Crippen molar-refractivity contribution < 1.29 is 4.74 Å². The van der Waals surface area contributed by atoms with E-state index in [1.807, 2.05) is 4.90 Å². The molecule has 0 bridgehead atoms. The summed E-state index contributed by atoms with van der Waals surface area (Å²) >= 11 is 5.93. The largest absolute Gasteiger partial charge is 0.378 e. The highest BCUT2D eigenvalue weighted by molar-refractivity contribution is 6.28. The Labute approximate surface area is 119 Å². The van der Waals surface area contributed by atoms with Crippen LogP contribution in [-0.2, 0) is 11.3 Å². The van der Waals surface area contributed by atoms with Gasteiger partial charge in [0.15, 0.2) is 0 Å². The number of rotatable bonds is 4. The maximum atomic E-state index is 5.93. The summed E-state index contributed by atoms with van der Waals surface area (Å²) in [4.78, 5) is 18.5. The fourth-order valence-electron chi connectivity index (χ4n) is 1.80. The quantitative estimate of drug-likeness (QED) is 0.818. The minimum atomic E-state index is 0.154. The summed E-state index contributed by atoms with van der Waals surface area (Å²) in [6.07, 6.45) is 1.44. The molecule has 0 aliphatic carbocycles. The van der Waals surface area contributed by atoms with Crippen LogP contribution in [0, 0.1) is 0 Å². The zero-order valence-electron chi connectivity index (χ0n) is 10.6. The van der Waals surface area contributed by atoms with E-state index in [9.17, 15) is 0 Å². The van der Waals surface area contributed by atoms with Crippen LogP contribution in [0.4, 0.5) is 11.9 Å². The number of morpholine rings is 1. The molecule has 0 amide bonds. The molecule has 3 rings (SSSR count). The van der Waals surface area contributed by atoms with Gasteiger partial charge in [-0.05, 0) is 11.6 Å². The van der Waals surface area contributed by atoms with E-state index >= 15 is 0 Å². The lowest BCUT2D eigenvalue weighted by Crippen LogP contribution is -2.37. The van der Waals surface area contributed by atoms with Crippen LogP contribution in [-0.4, -0.2) is 56.4 Å². The van der Waals surface area contributed by atoms with E-state index in [2.05, 4.69) is 35.5 Å². The summed E-state index contributed by atoms with van der Waals surface area (Å²) in [7, 11) is 0. The van der Waals surface area contributed by atoms with Crippen molar-refractivity contribution in [1.82, 2.24) is 30.1 Å². The molecule has 3 heterocycles. The van der Waals surface area contributed by atoms with E-state index in [0.29, 0.717) is 37.5 Å². The van der Waals surface area contributed by atoms with Gasteiger partial charge in [-0.1, -0.05) is 0 Å². The fourth-order valence-corrected chi connectivity index (χ4v) is 1.96. The summed E-state index contributed by atoms with van der Waals surface area (Å²) in [5.41, 5.74) is 0. The molecule has 0 unspecified atom stereocenters. The summed E-state index contributed by atoms with van der Waals surface area (Å²) in [5, 5.41) is 9.69. The van der Waals surface area contributed by atoms with Crippen molar-refractivity contribution in [2.45, 2.75) is 6.54 Å². The summed E-state index contributed by atoms with van der Waals surface area (Å²) in [6, 6.07) is 0. The molecule has 2 aromatic rings. The summed E-state index contributed by atoms with van der Waals surface area (Å²) in [5.74, 6) is 1.64. The van der Waals surface area contributed by atoms with Crippen molar-refractivity contribution in [2.75, 3.05) is 36.5 Å². The van der Waals surface area contributed by atoms with E-state index < -0.39 is 0 Å². The first-order chi connectivity index (χ1) is 9.81. The Morgan fingerprint density at radius 2 is 2.15 bits per heavy atom. The Morgan fingerprint density at radius 1 is 1.30 bits per heavy atom. The van der Waals surface area contributed by atoms with Crippen LogP contribution in [0.15, 0.2) is 6.33 Å². The number of nitrogens with one attached hydrogen (secondary N) is 2. The molecule has 0 atom stereocenters. The maximum absolute atomic E-state index is 5.93. The zero-order chi connectivity index (χ0) is 13.8. The van der Waals surface area contributed by atoms with E-state index in [4.69, 9.17) is 16.3 Å². The van der Waals surface area contributed by atoms with Crippen molar-refractivity contribution in [3.05, 3.63) is 17.4 Å². The van der Waals surface area contributed by atoms with Crippen molar-refractivity contribution >= 4 is 23.5 Å². The molecule has 20 heavy (non-hydrogen) atoms. The Balaban J connectivity index is 1.72. The molecular weight excluding hydrogens is 284 g/mol. The maximum Gasteiger partial charge on any atom is 0.231 e. The molecule has 2 N–H and O–H groups in total. The van der Waals surface area contributed by atoms with Gasteiger partial charge in [0.05, 0.1) is 19.8 Å². The number of aromatic nitrogens is 6. The van der Waals surface area contributed by atoms with Crippen molar-refractivity contribution in [3.8, 4) is 0 Å². The summed E-state index contributed by atoms with van der Waals surface area (Å²) in [6.45, 7) is 3.22. The van der Waals surface area contributed by atoms with Gasteiger partial charge in [-0.15, -0.1) is 0 Å². The number of hydrogen-bond acceptors (Lipinski definition) is 8.